The van der Waals surface area contributed by atoms with Gasteiger partial charge in [-0.15, -0.1) is 0 Å². The van der Waals surface area contributed by atoms with E-state index in [2.05, 4.69) is 16.0 Å². The zero-order chi connectivity index (χ0) is 14.8. The molecule has 0 unspecified atom stereocenters. The van der Waals surface area contributed by atoms with E-state index in [-0.39, 0.29) is 11.8 Å². The number of carbonyl (C=O) groups excluding carboxylic acids is 2. The molecular formula is C15H21N3O2. The van der Waals surface area contributed by atoms with Crippen molar-refractivity contribution in [1.82, 2.24) is 10.6 Å². The molecule has 0 aliphatic heterocycles. The molecule has 1 aromatic carbocycles. The molecule has 1 aliphatic rings. The van der Waals surface area contributed by atoms with Gasteiger partial charge in [0.25, 0.3) is 5.91 Å². The molecule has 20 heavy (non-hydrogen) atoms. The molecule has 2 amide bonds. The number of likely N-dealkylation sites (N-methyl/N-ethyl adjacent to an activating group) is 1. The first-order valence-corrected chi connectivity index (χ1v) is 6.83. The highest BCUT2D eigenvalue weighted by molar-refractivity contribution is 5.98. The minimum absolute atomic E-state index is 0.0547. The molecule has 0 atom stereocenters. The lowest BCUT2D eigenvalue weighted by atomic mass is 10.0. The van der Waals surface area contributed by atoms with Gasteiger partial charge in [0.1, 0.15) is 0 Å². The van der Waals surface area contributed by atoms with Gasteiger partial charge in [-0.2, -0.15) is 0 Å². The molecule has 0 saturated heterocycles. The number of nitrogens with one attached hydrogen (secondary N) is 3. The zero-order valence-electron chi connectivity index (χ0n) is 12.1. The molecule has 2 rings (SSSR count). The smallest absolute Gasteiger partial charge is 0.251 e. The quantitative estimate of drug-likeness (QED) is 0.763. The van der Waals surface area contributed by atoms with Gasteiger partial charge in [-0.1, -0.05) is 0 Å². The summed E-state index contributed by atoms with van der Waals surface area (Å²) in [5.74, 6) is -0.170. The Bertz CT molecular complexity index is 504. The number of hydrogen-bond donors (Lipinski definition) is 3. The van der Waals surface area contributed by atoms with Crippen molar-refractivity contribution in [2.24, 2.45) is 0 Å². The fourth-order valence-electron chi connectivity index (χ4n) is 1.60. The van der Waals surface area contributed by atoms with Gasteiger partial charge in [-0.25, -0.2) is 0 Å². The Kier molecular flexibility index (Phi) is 4.09. The van der Waals surface area contributed by atoms with Crippen molar-refractivity contribution in [2.75, 3.05) is 12.4 Å². The second-order valence-electron chi connectivity index (χ2n) is 5.65. The highest BCUT2D eigenvalue weighted by atomic mass is 16.2. The number of rotatable bonds is 5. The van der Waals surface area contributed by atoms with Crippen LogP contribution in [0.2, 0.25) is 0 Å². The second kappa shape index (κ2) is 5.63. The Morgan fingerprint density at radius 3 is 2.25 bits per heavy atom. The van der Waals surface area contributed by atoms with Crippen LogP contribution in [0.15, 0.2) is 24.3 Å². The van der Waals surface area contributed by atoms with Gasteiger partial charge < -0.3 is 16.0 Å². The van der Waals surface area contributed by atoms with E-state index in [0.29, 0.717) is 17.3 Å². The summed E-state index contributed by atoms with van der Waals surface area (Å²) in [5, 5.41) is 8.69. The third-order valence-electron chi connectivity index (χ3n) is 3.51. The molecule has 1 fully saturated rings. The molecular weight excluding hydrogens is 254 g/mol. The van der Waals surface area contributed by atoms with Crippen molar-refractivity contribution in [3.63, 3.8) is 0 Å². The Morgan fingerprint density at radius 1 is 1.15 bits per heavy atom. The van der Waals surface area contributed by atoms with E-state index in [1.54, 1.807) is 45.2 Å². The summed E-state index contributed by atoms with van der Waals surface area (Å²) in [6, 6.07) is 7.27. The maximum Gasteiger partial charge on any atom is 0.251 e. The van der Waals surface area contributed by atoms with Crippen LogP contribution in [-0.4, -0.2) is 30.4 Å². The molecule has 5 heteroatoms. The number of carbonyl (C=O) groups is 2. The van der Waals surface area contributed by atoms with Crippen LogP contribution in [0.4, 0.5) is 5.69 Å². The molecule has 1 saturated carbocycles. The fraction of sp³-hybridized carbons (Fsp3) is 0.467. The largest absolute Gasteiger partial charge is 0.349 e. The van der Waals surface area contributed by atoms with Crippen molar-refractivity contribution < 1.29 is 9.59 Å². The van der Waals surface area contributed by atoms with Crippen molar-refractivity contribution in [2.45, 2.75) is 38.3 Å². The van der Waals surface area contributed by atoms with Crippen LogP contribution < -0.4 is 16.0 Å². The lowest BCUT2D eigenvalue weighted by Gasteiger charge is -2.22. The lowest BCUT2D eigenvalue weighted by Crippen LogP contribution is -2.47. The van der Waals surface area contributed by atoms with Crippen LogP contribution in [0.5, 0.6) is 0 Å². The maximum atomic E-state index is 12.0. The Hall–Kier alpha value is -1.88. The van der Waals surface area contributed by atoms with Gasteiger partial charge >= 0.3 is 0 Å². The second-order valence-corrected chi connectivity index (χ2v) is 5.65. The monoisotopic (exact) mass is 275 g/mol. The van der Waals surface area contributed by atoms with E-state index in [1.807, 2.05) is 0 Å². The van der Waals surface area contributed by atoms with Gasteiger partial charge in [-0.05, 0) is 58.0 Å². The first-order valence-electron chi connectivity index (χ1n) is 6.83. The van der Waals surface area contributed by atoms with E-state index >= 15 is 0 Å². The Balaban J connectivity index is 1.97. The van der Waals surface area contributed by atoms with Crippen LogP contribution in [0.1, 0.15) is 37.0 Å². The molecule has 1 aliphatic carbocycles. The van der Waals surface area contributed by atoms with Crippen LogP contribution in [0.25, 0.3) is 0 Å². The summed E-state index contributed by atoms with van der Waals surface area (Å²) < 4.78 is 0. The maximum absolute atomic E-state index is 12.0. The van der Waals surface area contributed by atoms with Crippen molar-refractivity contribution in [1.29, 1.82) is 0 Å². The fourth-order valence-corrected chi connectivity index (χ4v) is 1.60. The molecule has 0 aromatic heterocycles. The third kappa shape index (κ3) is 3.57. The molecule has 0 heterocycles. The average Bonchev–Trinajstić information content (AvgIpc) is 3.23. The minimum Gasteiger partial charge on any atom is -0.349 e. The average molecular weight is 275 g/mol. The van der Waals surface area contributed by atoms with E-state index in [9.17, 15) is 9.59 Å². The summed E-state index contributed by atoms with van der Waals surface area (Å²) in [5.41, 5.74) is 0.659. The SMILES string of the molecule is CNC(C)(C)C(=O)Nc1ccc(C(=O)NC2CC2)cc1. The highest BCUT2D eigenvalue weighted by Crippen LogP contribution is 2.19. The molecule has 0 spiro atoms. The van der Waals surface area contributed by atoms with Gasteiger partial charge in [0, 0.05) is 17.3 Å². The summed E-state index contributed by atoms with van der Waals surface area (Å²) in [6.07, 6.45) is 2.14. The topological polar surface area (TPSA) is 70.2 Å². The van der Waals surface area contributed by atoms with Gasteiger partial charge in [0.2, 0.25) is 5.91 Å². The third-order valence-corrected chi connectivity index (χ3v) is 3.51. The number of benzene rings is 1. The first-order chi connectivity index (χ1) is 9.42. The molecule has 0 bridgehead atoms. The summed E-state index contributed by atoms with van der Waals surface area (Å²) >= 11 is 0. The summed E-state index contributed by atoms with van der Waals surface area (Å²) in [7, 11) is 1.74. The minimum atomic E-state index is -0.637. The Morgan fingerprint density at radius 2 is 1.75 bits per heavy atom. The van der Waals surface area contributed by atoms with E-state index in [1.165, 1.54) is 0 Å². The summed E-state index contributed by atoms with van der Waals surface area (Å²) in [6.45, 7) is 3.61. The van der Waals surface area contributed by atoms with E-state index in [0.717, 1.165) is 12.8 Å². The molecule has 108 valence electrons. The molecule has 0 radical (unpaired) electrons. The van der Waals surface area contributed by atoms with Gasteiger partial charge in [-0.3, -0.25) is 9.59 Å². The molecule has 3 N–H and O–H groups in total. The highest BCUT2D eigenvalue weighted by Gasteiger charge is 2.25. The van der Waals surface area contributed by atoms with Crippen LogP contribution >= 0.6 is 0 Å². The van der Waals surface area contributed by atoms with Crippen molar-refractivity contribution in [3.8, 4) is 0 Å². The van der Waals surface area contributed by atoms with Crippen LogP contribution in [0.3, 0.4) is 0 Å². The van der Waals surface area contributed by atoms with Gasteiger partial charge in [0.15, 0.2) is 0 Å². The number of hydrogen-bond acceptors (Lipinski definition) is 3. The van der Waals surface area contributed by atoms with Gasteiger partial charge in [0.05, 0.1) is 5.54 Å². The predicted octanol–water partition coefficient (Wildman–Crippen LogP) is 1.52. The number of amides is 2. The van der Waals surface area contributed by atoms with Crippen LogP contribution in [0, 0.1) is 0 Å². The van der Waals surface area contributed by atoms with E-state index in [4.69, 9.17) is 0 Å². The van der Waals surface area contributed by atoms with Crippen LogP contribution in [-0.2, 0) is 4.79 Å². The molecule has 1 aromatic rings. The first kappa shape index (κ1) is 14.5. The standard InChI is InChI=1S/C15H21N3O2/c1-15(2,16-3)14(20)18-12-6-4-10(5-7-12)13(19)17-11-8-9-11/h4-7,11,16H,8-9H2,1-3H3,(H,17,19)(H,18,20). The predicted molar refractivity (Wildman–Crippen MR) is 78.7 cm³/mol. The normalized spacial score (nSPS) is 14.8. The summed E-state index contributed by atoms with van der Waals surface area (Å²) in [4.78, 5) is 23.8. The van der Waals surface area contributed by atoms with Crippen molar-refractivity contribution >= 4 is 17.5 Å². The number of anilines is 1. The molecule has 5 nitrogen and oxygen atoms in total. The zero-order valence-corrected chi connectivity index (χ0v) is 12.1. The lowest BCUT2D eigenvalue weighted by molar-refractivity contribution is -0.121. The van der Waals surface area contributed by atoms with Crippen molar-refractivity contribution in [3.05, 3.63) is 29.8 Å². The van der Waals surface area contributed by atoms with E-state index < -0.39 is 5.54 Å². The Labute approximate surface area is 119 Å².